The number of benzene rings is 2. The first kappa shape index (κ1) is 18.9. The Morgan fingerprint density at radius 3 is 2.79 bits per heavy atom. The lowest BCUT2D eigenvalue weighted by Gasteiger charge is -2.15. The predicted molar refractivity (Wildman–Crippen MR) is 109 cm³/mol. The molecular weight excluding hydrogens is 370 g/mol. The Morgan fingerprint density at radius 1 is 1.21 bits per heavy atom. The Bertz CT molecular complexity index is 1040. The number of aromatic nitrogens is 2. The van der Waals surface area contributed by atoms with Crippen molar-refractivity contribution in [3.05, 3.63) is 48.8 Å². The second kappa shape index (κ2) is 7.87. The second-order valence-electron chi connectivity index (χ2n) is 6.90. The third-order valence-corrected chi connectivity index (χ3v) is 5.02. The first-order valence-electron chi connectivity index (χ1n) is 9.42. The molecule has 0 bridgehead atoms. The van der Waals surface area contributed by atoms with Gasteiger partial charge in [-0.2, -0.15) is 0 Å². The van der Waals surface area contributed by atoms with Crippen molar-refractivity contribution in [3.63, 3.8) is 0 Å². The number of rotatable bonds is 6. The molecule has 0 saturated carbocycles. The summed E-state index contributed by atoms with van der Waals surface area (Å²) in [4.78, 5) is 16.4. The fraction of sp³-hybridized carbons (Fsp3) is 0.273. The quantitative estimate of drug-likeness (QED) is 0.695. The maximum Gasteiger partial charge on any atom is 0.231 e. The maximum atomic E-state index is 11.9. The summed E-state index contributed by atoms with van der Waals surface area (Å²) < 4.78 is 18.5. The zero-order valence-corrected chi connectivity index (χ0v) is 16.6. The van der Waals surface area contributed by atoms with Crippen molar-refractivity contribution < 1.29 is 19.0 Å². The lowest BCUT2D eigenvalue weighted by Crippen LogP contribution is -2.28. The number of hydrogen-bond acceptors (Lipinski definition) is 5. The molecule has 0 saturated heterocycles. The highest BCUT2D eigenvalue weighted by atomic mass is 16.7. The van der Waals surface area contributed by atoms with Crippen molar-refractivity contribution in [2.45, 2.75) is 13.5 Å². The van der Waals surface area contributed by atoms with E-state index >= 15 is 0 Å². The zero-order chi connectivity index (χ0) is 20.4. The molecule has 3 aromatic rings. The number of fused-ring (bicyclic) bond motifs is 1. The largest absolute Gasteiger partial charge is 0.496 e. The topological polar surface area (TPSA) is 74.6 Å². The number of nitrogens with one attached hydrogen (secondary N) is 1. The Balaban J connectivity index is 1.71. The predicted octanol–water partition coefficient (Wildman–Crippen LogP) is 3.34. The van der Waals surface area contributed by atoms with Gasteiger partial charge >= 0.3 is 0 Å². The first-order chi connectivity index (χ1) is 14.1. The van der Waals surface area contributed by atoms with Gasteiger partial charge < -0.3 is 24.1 Å². The summed E-state index contributed by atoms with van der Waals surface area (Å²) in [6.45, 7) is 2.67. The van der Waals surface area contributed by atoms with E-state index in [9.17, 15) is 4.79 Å². The lowest BCUT2D eigenvalue weighted by atomic mass is 10.0. The van der Waals surface area contributed by atoms with Crippen molar-refractivity contribution in [2.75, 3.05) is 21.0 Å². The fourth-order valence-electron chi connectivity index (χ4n) is 3.48. The third kappa shape index (κ3) is 3.63. The van der Waals surface area contributed by atoms with Crippen LogP contribution in [0.4, 0.5) is 0 Å². The summed E-state index contributed by atoms with van der Waals surface area (Å²) in [6, 6.07) is 11.8. The number of nitrogens with zero attached hydrogens (tertiary/aromatic N) is 2. The van der Waals surface area contributed by atoms with Gasteiger partial charge in [-0.1, -0.05) is 13.0 Å². The summed E-state index contributed by atoms with van der Waals surface area (Å²) in [6.07, 6.45) is 3.63. The summed E-state index contributed by atoms with van der Waals surface area (Å²) in [5.74, 6) is 2.84. The maximum absolute atomic E-state index is 11.9. The van der Waals surface area contributed by atoms with Crippen LogP contribution in [0, 0.1) is 5.92 Å². The number of ether oxygens (including phenoxy) is 3. The molecule has 1 N–H and O–H groups in total. The normalized spacial score (nSPS) is 13.2. The molecule has 1 aromatic heterocycles. The molecule has 7 heteroatoms. The van der Waals surface area contributed by atoms with Crippen LogP contribution in [0.25, 0.3) is 22.5 Å². The molecule has 29 heavy (non-hydrogen) atoms. The van der Waals surface area contributed by atoms with Gasteiger partial charge in [0.05, 0.1) is 13.0 Å². The van der Waals surface area contributed by atoms with Crippen molar-refractivity contribution in [1.29, 1.82) is 0 Å². The van der Waals surface area contributed by atoms with Crippen LogP contribution >= 0.6 is 0 Å². The molecule has 7 nitrogen and oxygen atoms in total. The van der Waals surface area contributed by atoms with E-state index in [0.29, 0.717) is 6.54 Å². The number of carbonyl (C=O) groups is 1. The van der Waals surface area contributed by atoms with Crippen LogP contribution in [0.1, 0.15) is 6.92 Å². The number of amides is 1. The van der Waals surface area contributed by atoms with Crippen LogP contribution in [0.2, 0.25) is 0 Å². The van der Waals surface area contributed by atoms with Crippen LogP contribution in [-0.4, -0.2) is 36.4 Å². The zero-order valence-electron chi connectivity index (χ0n) is 16.6. The molecular formula is C22H23N3O4. The van der Waals surface area contributed by atoms with Gasteiger partial charge in [0.2, 0.25) is 12.7 Å². The first-order valence-corrected chi connectivity index (χ1v) is 9.42. The molecule has 1 amide bonds. The minimum Gasteiger partial charge on any atom is -0.496 e. The van der Waals surface area contributed by atoms with E-state index < -0.39 is 0 Å². The smallest absolute Gasteiger partial charge is 0.231 e. The molecule has 0 aliphatic carbocycles. The van der Waals surface area contributed by atoms with Gasteiger partial charge in [-0.3, -0.25) is 4.79 Å². The highest BCUT2D eigenvalue weighted by Crippen LogP contribution is 2.40. The number of hydrogen-bond donors (Lipinski definition) is 1. The monoisotopic (exact) mass is 393 g/mol. The van der Waals surface area contributed by atoms with Gasteiger partial charge in [-0.15, -0.1) is 0 Å². The van der Waals surface area contributed by atoms with Gasteiger partial charge in [0.1, 0.15) is 11.6 Å². The standard InChI is InChI=1S/C22H23N3O4/c1-14(22(26)23-2)12-25-9-8-24-21(25)16-5-6-18(27-3)17(10-16)15-4-7-19-20(11-15)29-13-28-19/h4-11,14H,12-13H2,1-3H3,(H,23,26). The molecule has 0 spiro atoms. The molecule has 150 valence electrons. The fourth-order valence-corrected chi connectivity index (χ4v) is 3.48. The Morgan fingerprint density at radius 2 is 2.00 bits per heavy atom. The van der Waals surface area contributed by atoms with E-state index in [1.165, 1.54) is 0 Å². The summed E-state index contributed by atoms with van der Waals surface area (Å²) in [5, 5.41) is 2.69. The molecule has 0 fully saturated rings. The van der Waals surface area contributed by atoms with Crippen molar-refractivity contribution in [1.82, 2.24) is 14.9 Å². The minimum absolute atomic E-state index is 0.000398. The van der Waals surface area contributed by atoms with Crippen LogP contribution in [0.3, 0.4) is 0 Å². The molecule has 1 unspecified atom stereocenters. The van der Waals surface area contributed by atoms with Crippen LogP contribution in [0.15, 0.2) is 48.8 Å². The van der Waals surface area contributed by atoms with Gasteiger partial charge in [0.15, 0.2) is 11.5 Å². The molecule has 2 heterocycles. The molecule has 1 aliphatic rings. The highest BCUT2D eigenvalue weighted by Gasteiger charge is 2.18. The van der Waals surface area contributed by atoms with Gasteiger partial charge in [-0.25, -0.2) is 4.98 Å². The molecule has 2 aromatic carbocycles. The SMILES string of the molecule is CNC(=O)C(C)Cn1ccnc1-c1ccc(OC)c(-c2ccc3c(c2)OCO3)c1. The third-order valence-electron chi connectivity index (χ3n) is 5.02. The summed E-state index contributed by atoms with van der Waals surface area (Å²) in [7, 11) is 3.30. The second-order valence-corrected chi connectivity index (χ2v) is 6.90. The van der Waals surface area contributed by atoms with Gasteiger partial charge in [0, 0.05) is 37.1 Å². The number of carbonyl (C=O) groups excluding carboxylic acids is 1. The van der Waals surface area contributed by atoms with Crippen molar-refractivity contribution >= 4 is 5.91 Å². The Hall–Kier alpha value is -3.48. The van der Waals surface area contributed by atoms with Gasteiger partial charge in [-0.05, 0) is 35.9 Å². The van der Waals surface area contributed by atoms with E-state index in [2.05, 4.69) is 10.3 Å². The molecule has 1 aliphatic heterocycles. The van der Waals surface area contributed by atoms with Crippen molar-refractivity contribution in [2.24, 2.45) is 5.92 Å². The van der Waals surface area contributed by atoms with E-state index in [0.717, 1.165) is 39.8 Å². The van der Waals surface area contributed by atoms with Crippen LogP contribution in [-0.2, 0) is 11.3 Å². The average Bonchev–Trinajstić information content (AvgIpc) is 3.41. The molecule has 4 rings (SSSR count). The van der Waals surface area contributed by atoms with E-state index in [1.807, 2.05) is 54.1 Å². The van der Waals surface area contributed by atoms with E-state index in [-0.39, 0.29) is 18.6 Å². The Kier molecular flexibility index (Phi) is 5.12. The van der Waals surface area contributed by atoms with E-state index in [4.69, 9.17) is 14.2 Å². The van der Waals surface area contributed by atoms with E-state index in [1.54, 1.807) is 20.4 Å². The lowest BCUT2D eigenvalue weighted by molar-refractivity contribution is -0.124. The average molecular weight is 393 g/mol. The highest BCUT2D eigenvalue weighted by molar-refractivity contribution is 5.79. The summed E-state index contributed by atoms with van der Waals surface area (Å²) >= 11 is 0. The number of imidazole rings is 1. The van der Waals surface area contributed by atoms with Crippen LogP contribution < -0.4 is 19.5 Å². The van der Waals surface area contributed by atoms with Crippen LogP contribution in [0.5, 0.6) is 17.2 Å². The van der Waals surface area contributed by atoms with Gasteiger partial charge in [0.25, 0.3) is 0 Å². The van der Waals surface area contributed by atoms with Crippen molar-refractivity contribution in [3.8, 4) is 39.8 Å². The Labute approximate surface area is 169 Å². The molecule has 1 atom stereocenters. The minimum atomic E-state index is -0.167. The number of methoxy groups -OCH3 is 1. The summed E-state index contributed by atoms with van der Waals surface area (Å²) in [5.41, 5.74) is 2.83. The molecule has 0 radical (unpaired) electrons.